The summed E-state index contributed by atoms with van der Waals surface area (Å²) in [6.07, 6.45) is 16.4. The van der Waals surface area contributed by atoms with Crippen LogP contribution in [0.4, 0.5) is 0 Å². The van der Waals surface area contributed by atoms with E-state index in [0.717, 1.165) is 46.1 Å². The molecule has 41 heavy (non-hydrogen) atoms. The Balaban J connectivity index is 0.000000169. The molecular weight excluding hydrogens is 697 g/mol. The van der Waals surface area contributed by atoms with Crippen LogP contribution in [0.25, 0.3) is 34.6 Å². The van der Waals surface area contributed by atoms with Gasteiger partial charge in [-0.2, -0.15) is 12.1 Å². The van der Waals surface area contributed by atoms with Crippen LogP contribution in [0.1, 0.15) is 0 Å². The number of pyridine rings is 2. The van der Waals surface area contributed by atoms with Gasteiger partial charge in [-0.1, -0.05) is 6.20 Å². The number of aromatic nitrogens is 9. The van der Waals surface area contributed by atoms with E-state index >= 15 is 0 Å². The monoisotopic (exact) mass is 730 g/mol. The third-order valence-corrected chi connectivity index (χ3v) is 5.94. The van der Waals surface area contributed by atoms with Crippen LogP contribution in [0.5, 0.6) is 11.5 Å². The van der Waals surface area contributed by atoms with Gasteiger partial charge in [0.25, 0.3) is 0 Å². The summed E-state index contributed by atoms with van der Waals surface area (Å²) < 4.78 is 18.1. The fraction of sp³-hybridized carbons (Fsp3) is 0.207. The van der Waals surface area contributed by atoms with Crippen molar-refractivity contribution in [1.82, 2.24) is 43.2 Å². The molecule has 0 bridgehead atoms. The molecule has 0 amide bonds. The van der Waals surface area contributed by atoms with Gasteiger partial charge in [-0.25, -0.2) is 9.97 Å². The van der Waals surface area contributed by atoms with Gasteiger partial charge in [0.1, 0.15) is 11.5 Å². The Morgan fingerprint density at radius 1 is 0.561 bits per heavy atom. The van der Waals surface area contributed by atoms with Gasteiger partial charge in [-0.15, -0.1) is 0 Å². The van der Waals surface area contributed by atoms with Crippen molar-refractivity contribution >= 4 is 0 Å². The summed E-state index contributed by atoms with van der Waals surface area (Å²) in [7, 11) is 11.1. The van der Waals surface area contributed by atoms with E-state index in [-0.39, 0.29) is 19.8 Å². The molecule has 0 fully saturated rings. The number of imidazole rings is 3. The number of nitrogens with zero attached hydrogens (tertiary/aromatic N) is 9. The first-order chi connectivity index (χ1) is 19.4. The standard InChI is InChI=1S/C12H12N2O2.C9H10N3.C8H10N4.Os/c1-15-9-3-5-13-11(7-9)12-8-10(16-2)4-6-14-12;1-11-6-3-4-8(11)9-10-5-7-12(9)2;1-11-5-3-9-7(11)8-10-4-6-12(8)2;/h3-8H,1-2H3;3,5-7H,1-2H3;3-6H,1-2H3;/q;-1;;+1. The van der Waals surface area contributed by atoms with Gasteiger partial charge < -0.3 is 27.7 Å². The van der Waals surface area contributed by atoms with E-state index in [1.54, 1.807) is 57.3 Å². The average molecular weight is 729 g/mol. The third-order valence-electron chi connectivity index (χ3n) is 5.94. The van der Waals surface area contributed by atoms with Gasteiger partial charge in [0.05, 0.1) is 31.4 Å². The fourth-order valence-corrected chi connectivity index (χ4v) is 3.74. The SMILES string of the molecule is COc1ccnc(-c2cc(OC)ccn2)c1.Cn1cc[c-]c1-c1nccn1C.Cn1ccnc1-c1nccn1C.[Os+]. The normalized spacial score (nSPS) is 10.0. The first kappa shape index (κ1) is 31.0. The van der Waals surface area contributed by atoms with Gasteiger partial charge in [-0.3, -0.25) is 15.0 Å². The molecule has 0 saturated heterocycles. The zero-order valence-corrected chi connectivity index (χ0v) is 26.3. The molecule has 6 aromatic rings. The van der Waals surface area contributed by atoms with Crippen LogP contribution in [0.3, 0.4) is 0 Å². The van der Waals surface area contributed by atoms with Gasteiger partial charge in [-0.05, 0) is 24.9 Å². The Morgan fingerprint density at radius 2 is 1.00 bits per heavy atom. The maximum absolute atomic E-state index is 5.13. The zero-order valence-electron chi connectivity index (χ0n) is 23.8. The van der Waals surface area contributed by atoms with E-state index in [0.29, 0.717) is 0 Å². The molecule has 11 nitrogen and oxygen atoms in total. The van der Waals surface area contributed by atoms with Gasteiger partial charge in [0, 0.05) is 82.9 Å². The number of methoxy groups -OCH3 is 2. The molecule has 0 saturated carbocycles. The second-order valence-corrected chi connectivity index (χ2v) is 8.67. The largest absolute Gasteiger partial charge is 1.00 e. The summed E-state index contributed by atoms with van der Waals surface area (Å²) in [4.78, 5) is 21.1. The molecule has 213 valence electrons. The van der Waals surface area contributed by atoms with Gasteiger partial charge in [0.15, 0.2) is 11.6 Å². The molecule has 1 radical (unpaired) electrons. The van der Waals surface area contributed by atoms with Crippen LogP contribution in [-0.4, -0.2) is 57.4 Å². The minimum absolute atomic E-state index is 0. The maximum atomic E-state index is 5.13. The summed E-state index contributed by atoms with van der Waals surface area (Å²) in [5.74, 6) is 4.25. The molecule has 0 aliphatic heterocycles. The van der Waals surface area contributed by atoms with Crippen LogP contribution in [0.15, 0.2) is 86.1 Å². The van der Waals surface area contributed by atoms with Crippen LogP contribution in [-0.2, 0) is 48.0 Å². The maximum Gasteiger partial charge on any atom is 1.00 e. The zero-order chi connectivity index (χ0) is 28.5. The molecule has 6 heterocycles. The van der Waals surface area contributed by atoms with Gasteiger partial charge in [0.2, 0.25) is 0 Å². The first-order valence-corrected chi connectivity index (χ1v) is 12.4. The summed E-state index contributed by atoms with van der Waals surface area (Å²) in [5, 5.41) is 0. The Bertz CT molecular complexity index is 1450. The molecule has 0 N–H and O–H groups in total. The molecule has 0 unspecified atom stereocenters. The van der Waals surface area contributed by atoms with E-state index in [1.165, 1.54) is 0 Å². The van der Waals surface area contributed by atoms with Crippen molar-refractivity contribution in [2.75, 3.05) is 14.2 Å². The van der Waals surface area contributed by atoms with Crippen LogP contribution < -0.4 is 9.47 Å². The molecule has 0 aliphatic carbocycles. The Kier molecular flexibility index (Phi) is 11.1. The van der Waals surface area contributed by atoms with E-state index in [2.05, 4.69) is 31.0 Å². The number of hydrogen-bond acceptors (Lipinski definition) is 7. The predicted molar refractivity (Wildman–Crippen MR) is 152 cm³/mol. The smallest absolute Gasteiger partial charge is 0.497 e. The minimum Gasteiger partial charge on any atom is -0.497 e. The summed E-state index contributed by atoms with van der Waals surface area (Å²) >= 11 is 0. The molecule has 0 aliphatic rings. The van der Waals surface area contributed by atoms with Crippen molar-refractivity contribution in [3.8, 4) is 46.1 Å². The number of hydrogen-bond donors (Lipinski definition) is 0. The van der Waals surface area contributed by atoms with Crippen molar-refractivity contribution in [2.24, 2.45) is 28.2 Å². The van der Waals surface area contributed by atoms with Crippen molar-refractivity contribution in [1.29, 1.82) is 0 Å². The Hall–Kier alpha value is -4.55. The predicted octanol–water partition coefficient (Wildman–Crippen LogP) is 4.20. The van der Waals surface area contributed by atoms with Crippen molar-refractivity contribution < 1.29 is 29.3 Å². The molecule has 6 rings (SSSR count). The quantitative estimate of drug-likeness (QED) is 0.245. The van der Waals surface area contributed by atoms with E-state index in [4.69, 9.17) is 9.47 Å². The Labute approximate surface area is 252 Å². The van der Waals surface area contributed by atoms with Crippen LogP contribution in [0.2, 0.25) is 0 Å². The van der Waals surface area contributed by atoms with E-state index in [1.807, 2.05) is 89.4 Å². The molecular formula is C29H32N9O2Os. The summed E-state index contributed by atoms with van der Waals surface area (Å²) in [6, 6.07) is 12.3. The second kappa shape index (κ2) is 14.7. The summed E-state index contributed by atoms with van der Waals surface area (Å²) in [6.45, 7) is 0. The van der Waals surface area contributed by atoms with E-state index in [9.17, 15) is 0 Å². The van der Waals surface area contributed by atoms with Crippen LogP contribution in [0, 0.1) is 6.07 Å². The second-order valence-electron chi connectivity index (χ2n) is 8.67. The van der Waals surface area contributed by atoms with E-state index < -0.39 is 0 Å². The molecule has 0 aromatic carbocycles. The minimum atomic E-state index is 0. The number of ether oxygens (including phenoxy) is 2. The number of aryl methyl sites for hydroxylation is 4. The summed E-state index contributed by atoms with van der Waals surface area (Å²) in [5.41, 5.74) is 2.54. The van der Waals surface area contributed by atoms with Crippen molar-refractivity contribution in [3.05, 3.63) is 92.2 Å². The fourth-order valence-electron chi connectivity index (χ4n) is 3.74. The molecule has 12 heteroatoms. The van der Waals surface area contributed by atoms with Crippen molar-refractivity contribution in [2.45, 2.75) is 0 Å². The first-order valence-electron chi connectivity index (χ1n) is 12.4. The topological polar surface area (TPSA) is 103 Å². The molecule has 0 atom stereocenters. The van der Waals surface area contributed by atoms with Crippen LogP contribution >= 0.6 is 0 Å². The van der Waals surface area contributed by atoms with Crippen molar-refractivity contribution in [3.63, 3.8) is 0 Å². The van der Waals surface area contributed by atoms with Gasteiger partial charge >= 0.3 is 19.8 Å². The third kappa shape index (κ3) is 7.77. The number of rotatable bonds is 5. The Morgan fingerprint density at radius 3 is 1.34 bits per heavy atom. The molecule has 0 spiro atoms. The molecule has 6 aromatic heterocycles. The average Bonchev–Trinajstić information content (AvgIpc) is 3.79.